The number of likely N-dealkylation sites (tertiary alicyclic amines) is 1. The molecule has 1 unspecified atom stereocenters. The quantitative estimate of drug-likeness (QED) is 0.788. The number of piperazine rings is 1. The number of rotatable bonds is 6. The average molecular weight is 412 g/mol. The zero-order valence-corrected chi connectivity index (χ0v) is 18.1. The smallest absolute Gasteiger partial charge is 0.160 e. The lowest BCUT2D eigenvalue weighted by molar-refractivity contribution is 0.0886. The Bertz CT molecular complexity index is 836. The van der Waals surface area contributed by atoms with Crippen LogP contribution in [0.25, 0.3) is 0 Å². The van der Waals surface area contributed by atoms with Gasteiger partial charge in [-0.25, -0.2) is 0 Å². The van der Waals surface area contributed by atoms with Gasteiger partial charge in [-0.1, -0.05) is 18.2 Å². The molecule has 4 rings (SSSR count). The average Bonchev–Trinajstić information content (AvgIpc) is 2.79. The number of anilines is 1. The van der Waals surface area contributed by atoms with Crippen LogP contribution in [0.4, 0.5) is 5.69 Å². The van der Waals surface area contributed by atoms with Crippen molar-refractivity contribution in [1.82, 2.24) is 9.80 Å². The molecule has 0 aliphatic carbocycles. The van der Waals surface area contributed by atoms with Crippen LogP contribution < -0.4 is 14.4 Å². The third-order valence-corrected chi connectivity index (χ3v) is 6.39. The van der Waals surface area contributed by atoms with Crippen molar-refractivity contribution in [2.75, 3.05) is 58.4 Å². The maximum Gasteiger partial charge on any atom is 0.160 e. The van der Waals surface area contributed by atoms with Gasteiger partial charge in [-0.2, -0.15) is 0 Å². The van der Waals surface area contributed by atoms with Gasteiger partial charge in [0, 0.05) is 45.3 Å². The summed E-state index contributed by atoms with van der Waals surface area (Å²) in [6.07, 6.45) is 2.48. The molecule has 0 radical (unpaired) electrons. The molecule has 2 saturated heterocycles. The number of ether oxygens (including phenoxy) is 2. The number of methoxy groups -OCH3 is 2. The lowest BCUT2D eigenvalue weighted by Gasteiger charge is -2.44. The Morgan fingerprint density at radius 1 is 0.933 bits per heavy atom. The number of nitrogens with zero attached hydrogens (tertiary/aromatic N) is 3. The summed E-state index contributed by atoms with van der Waals surface area (Å²) < 4.78 is 10.7. The van der Waals surface area contributed by atoms with Crippen LogP contribution in [-0.2, 0) is 6.54 Å². The first-order valence-electron chi connectivity index (χ1n) is 10.9. The first-order chi connectivity index (χ1) is 14.7. The van der Waals surface area contributed by atoms with Crippen LogP contribution in [0.2, 0.25) is 0 Å². The minimum Gasteiger partial charge on any atom is -0.504 e. The van der Waals surface area contributed by atoms with E-state index in [0.717, 1.165) is 57.1 Å². The van der Waals surface area contributed by atoms with Gasteiger partial charge in [0.1, 0.15) is 5.75 Å². The molecule has 0 spiro atoms. The Balaban J connectivity index is 1.32. The Morgan fingerprint density at radius 3 is 2.43 bits per heavy atom. The number of piperidine rings is 1. The molecule has 2 aliphatic rings. The first-order valence-corrected chi connectivity index (χ1v) is 10.9. The normalized spacial score (nSPS) is 20.9. The van der Waals surface area contributed by atoms with Gasteiger partial charge in [-0.3, -0.25) is 9.80 Å². The molecule has 1 N–H and O–H groups in total. The Labute approximate surface area is 179 Å². The predicted octanol–water partition coefficient (Wildman–Crippen LogP) is 3.20. The van der Waals surface area contributed by atoms with E-state index in [1.807, 2.05) is 30.3 Å². The monoisotopic (exact) mass is 411 g/mol. The molecule has 1 atom stereocenters. The molecule has 0 amide bonds. The van der Waals surface area contributed by atoms with Crippen molar-refractivity contribution in [3.8, 4) is 17.2 Å². The van der Waals surface area contributed by atoms with Crippen LogP contribution in [0.1, 0.15) is 18.4 Å². The van der Waals surface area contributed by atoms with Crippen molar-refractivity contribution < 1.29 is 14.6 Å². The van der Waals surface area contributed by atoms with Gasteiger partial charge >= 0.3 is 0 Å². The molecular weight excluding hydrogens is 378 g/mol. The fourth-order valence-electron chi connectivity index (χ4n) is 4.78. The van der Waals surface area contributed by atoms with Gasteiger partial charge in [0.25, 0.3) is 0 Å². The Hall–Kier alpha value is -2.44. The zero-order valence-electron chi connectivity index (χ0n) is 18.1. The molecule has 2 fully saturated rings. The molecule has 6 heteroatoms. The predicted molar refractivity (Wildman–Crippen MR) is 120 cm³/mol. The second-order valence-electron chi connectivity index (χ2n) is 8.23. The number of hydrogen-bond donors (Lipinski definition) is 1. The number of aromatic hydroxyl groups is 1. The van der Waals surface area contributed by atoms with Crippen molar-refractivity contribution in [2.45, 2.75) is 25.4 Å². The summed E-state index contributed by atoms with van der Waals surface area (Å²) in [6.45, 7) is 7.30. The van der Waals surface area contributed by atoms with Crippen LogP contribution in [0.3, 0.4) is 0 Å². The fraction of sp³-hybridized carbons (Fsp3) is 0.500. The van der Waals surface area contributed by atoms with E-state index < -0.39 is 0 Å². The third-order valence-electron chi connectivity index (χ3n) is 6.39. The molecule has 0 saturated carbocycles. The van der Waals surface area contributed by atoms with Gasteiger partial charge in [-0.15, -0.1) is 0 Å². The largest absolute Gasteiger partial charge is 0.504 e. The van der Waals surface area contributed by atoms with E-state index in [1.165, 1.54) is 18.5 Å². The number of benzene rings is 2. The van der Waals surface area contributed by atoms with Crippen LogP contribution in [0.5, 0.6) is 17.2 Å². The maximum absolute atomic E-state index is 10.1. The van der Waals surface area contributed by atoms with Crippen LogP contribution >= 0.6 is 0 Å². The van der Waals surface area contributed by atoms with Crippen LogP contribution in [-0.4, -0.2) is 74.4 Å². The standard InChI is InChI=1S/C24H33N3O3/c1-29-23-8-4-3-7-21(23)27-14-12-26(13-15-27)20-6-5-11-25(18-20)17-19-9-10-24(30-2)22(28)16-19/h3-4,7-10,16,20,28H,5-6,11-15,17-18H2,1-2H3. The molecule has 6 nitrogen and oxygen atoms in total. The van der Waals surface area contributed by atoms with Crippen molar-refractivity contribution in [2.24, 2.45) is 0 Å². The van der Waals surface area contributed by atoms with E-state index in [1.54, 1.807) is 14.2 Å². The van der Waals surface area contributed by atoms with Gasteiger partial charge in [0.05, 0.1) is 19.9 Å². The van der Waals surface area contributed by atoms with E-state index >= 15 is 0 Å². The zero-order chi connectivity index (χ0) is 20.9. The van der Waals surface area contributed by atoms with Gasteiger partial charge in [0.2, 0.25) is 0 Å². The molecule has 2 heterocycles. The lowest BCUT2D eigenvalue weighted by atomic mass is 10.0. The highest BCUT2D eigenvalue weighted by Gasteiger charge is 2.28. The van der Waals surface area contributed by atoms with E-state index in [4.69, 9.17) is 9.47 Å². The van der Waals surface area contributed by atoms with Gasteiger partial charge in [-0.05, 0) is 49.2 Å². The summed E-state index contributed by atoms with van der Waals surface area (Å²) in [5, 5.41) is 10.1. The Morgan fingerprint density at radius 2 is 1.70 bits per heavy atom. The molecule has 30 heavy (non-hydrogen) atoms. The Kier molecular flexibility index (Phi) is 6.65. The molecular formula is C24H33N3O3. The topological polar surface area (TPSA) is 48.4 Å². The van der Waals surface area contributed by atoms with Crippen molar-refractivity contribution in [3.05, 3.63) is 48.0 Å². The lowest BCUT2D eigenvalue weighted by Crippen LogP contribution is -2.55. The summed E-state index contributed by atoms with van der Waals surface area (Å²) >= 11 is 0. The number of phenols is 1. The second-order valence-corrected chi connectivity index (χ2v) is 8.23. The van der Waals surface area contributed by atoms with Gasteiger partial charge < -0.3 is 19.5 Å². The van der Waals surface area contributed by atoms with E-state index in [9.17, 15) is 5.11 Å². The number of hydrogen-bond acceptors (Lipinski definition) is 6. The summed E-state index contributed by atoms with van der Waals surface area (Å²) in [5.74, 6) is 1.71. The summed E-state index contributed by atoms with van der Waals surface area (Å²) in [5.41, 5.74) is 2.33. The van der Waals surface area contributed by atoms with Crippen LogP contribution in [0.15, 0.2) is 42.5 Å². The van der Waals surface area contributed by atoms with E-state index in [2.05, 4.69) is 26.8 Å². The molecule has 2 aromatic carbocycles. The van der Waals surface area contributed by atoms with E-state index in [0.29, 0.717) is 11.8 Å². The minimum absolute atomic E-state index is 0.219. The third kappa shape index (κ3) is 4.65. The van der Waals surface area contributed by atoms with Crippen LogP contribution in [0, 0.1) is 0 Å². The molecule has 162 valence electrons. The van der Waals surface area contributed by atoms with E-state index in [-0.39, 0.29) is 5.75 Å². The summed E-state index contributed by atoms with van der Waals surface area (Å²) in [7, 11) is 3.33. The van der Waals surface area contributed by atoms with Crippen molar-refractivity contribution in [3.63, 3.8) is 0 Å². The highest BCUT2D eigenvalue weighted by Crippen LogP contribution is 2.30. The molecule has 0 aromatic heterocycles. The highest BCUT2D eigenvalue weighted by molar-refractivity contribution is 5.58. The second kappa shape index (κ2) is 9.58. The minimum atomic E-state index is 0.219. The fourth-order valence-corrected chi connectivity index (χ4v) is 4.78. The highest BCUT2D eigenvalue weighted by atomic mass is 16.5. The number of para-hydroxylation sites is 2. The summed E-state index contributed by atoms with van der Waals surface area (Å²) in [6, 6.07) is 14.6. The number of phenolic OH excluding ortho intramolecular Hbond substituents is 1. The van der Waals surface area contributed by atoms with Crippen molar-refractivity contribution >= 4 is 5.69 Å². The maximum atomic E-state index is 10.1. The SMILES string of the molecule is COc1ccc(CN2CCCC(N3CCN(c4ccccc4OC)CC3)C2)cc1O. The molecule has 2 aliphatic heterocycles. The van der Waals surface area contributed by atoms with Crippen molar-refractivity contribution in [1.29, 1.82) is 0 Å². The molecule has 2 aromatic rings. The van der Waals surface area contributed by atoms with Gasteiger partial charge in [0.15, 0.2) is 11.5 Å². The molecule has 0 bridgehead atoms. The first kappa shape index (κ1) is 20.8. The summed E-state index contributed by atoms with van der Waals surface area (Å²) in [4.78, 5) is 7.61.